The van der Waals surface area contributed by atoms with E-state index in [1.807, 2.05) is 13.0 Å². The number of nitrogens with two attached hydrogens (primary N) is 1. The SMILES string of the molecule is COc1cc(Oc2cnc(N)nc2Nc2cccnn2)c(C(C)C)cc1C. The summed E-state index contributed by atoms with van der Waals surface area (Å²) in [7, 11) is 1.63. The minimum atomic E-state index is 0.124. The molecule has 8 nitrogen and oxygen atoms in total. The number of aromatic nitrogens is 4. The predicted octanol–water partition coefficient (Wildman–Crippen LogP) is 3.83. The summed E-state index contributed by atoms with van der Waals surface area (Å²) < 4.78 is 11.6. The van der Waals surface area contributed by atoms with Gasteiger partial charge in [0, 0.05) is 12.3 Å². The molecule has 0 atom stereocenters. The van der Waals surface area contributed by atoms with Gasteiger partial charge in [-0.25, -0.2) is 4.98 Å². The van der Waals surface area contributed by atoms with Crippen molar-refractivity contribution in [1.29, 1.82) is 0 Å². The number of anilines is 3. The summed E-state index contributed by atoms with van der Waals surface area (Å²) in [6.07, 6.45) is 3.11. The third kappa shape index (κ3) is 4.22. The molecule has 0 aliphatic heterocycles. The molecular weight excluding hydrogens is 344 g/mol. The van der Waals surface area contributed by atoms with Crippen LogP contribution in [0.5, 0.6) is 17.2 Å². The Morgan fingerprint density at radius 2 is 1.96 bits per heavy atom. The van der Waals surface area contributed by atoms with E-state index in [1.54, 1.807) is 25.4 Å². The molecule has 140 valence electrons. The van der Waals surface area contributed by atoms with Crippen molar-refractivity contribution in [1.82, 2.24) is 20.2 Å². The van der Waals surface area contributed by atoms with Gasteiger partial charge < -0.3 is 20.5 Å². The fraction of sp³-hybridized carbons (Fsp3) is 0.263. The molecule has 0 amide bonds. The van der Waals surface area contributed by atoms with Gasteiger partial charge in [-0.05, 0) is 42.2 Å². The molecule has 0 radical (unpaired) electrons. The van der Waals surface area contributed by atoms with E-state index in [9.17, 15) is 0 Å². The lowest BCUT2D eigenvalue weighted by atomic mass is 9.99. The van der Waals surface area contributed by atoms with Crippen molar-refractivity contribution in [2.24, 2.45) is 0 Å². The van der Waals surface area contributed by atoms with E-state index in [0.29, 0.717) is 23.1 Å². The zero-order valence-electron chi connectivity index (χ0n) is 15.7. The van der Waals surface area contributed by atoms with Crippen molar-refractivity contribution in [2.45, 2.75) is 26.7 Å². The van der Waals surface area contributed by atoms with Crippen LogP contribution in [0.15, 0.2) is 36.7 Å². The minimum Gasteiger partial charge on any atom is -0.496 e. The average molecular weight is 366 g/mol. The Kier molecular flexibility index (Phi) is 5.35. The fourth-order valence-corrected chi connectivity index (χ4v) is 2.61. The van der Waals surface area contributed by atoms with Gasteiger partial charge in [-0.15, -0.1) is 5.10 Å². The fourth-order valence-electron chi connectivity index (χ4n) is 2.61. The topological polar surface area (TPSA) is 108 Å². The maximum absolute atomic E-state index is 6.16. The minimum absolute atomic E-state index is 0.124. The molecule has 27 heavy (non-hydrogen) atoms. The molecule has 1 aromatic carbocycles. The van der Waals surface area contributed by atoms with Gasteiger partial charge in [-0.1, -0.05) is 13.8 Å². The molecule has 0 aliphatic rings. The summed E-state index contributed by atoms with van der Waals surface area (Å²) in [5.74, 6) is 3.14. The van der Waals surface area contributed by atoms with Crippen LogP contribution in [0.4, 0.5) is 17.6 Å². The molecule has 0 spiro atoms. The first-order valence-electron chi connectivity index (χ1n) is 8.51. The summed E-state index contributed by atoms with van der Waals surface area (Å²) in [5.41, 5.74) is 7.84. The number of benzene rings is 1. The zero-order valence-corrected chi connectivity index (χ0v) is 15.7. The molecule has 0 saturated heterocycles. The van der Waals surface area contributed by atoms with Gasteiger partial charge in [-0.3, -0.25) is 0 Å². The Morgan fingerprint density at radius 1 is 1.15 bits per heavy atom. The number of nitrogens with zero attached hydrogens (tertiary/aromatic N) is 4. The van der Waals surface area contributed by atoms with Crippen molar-refractivity contribution >= 4 is 17.6 Å². The maximum Gasteiger partial charge on any atom is 0.222 e. The average Bonchev–Trinajstić information content (AvgIpc) is 2.65. The molecule has 0 bridgehead atoms. The van der Waals surface area contributed by atoms with Crippen LogP contribution in [0.2, 0.25) is 0 Å². The number of nitrogen functional groups attached to an aromatic ring is 1. The van der Waals surface area contributed by atoms with E-state index in [1.165, 1.54) is 6.20 Å². The van der Waals surface area contributed by atoms with E-state index in [-0.39, 0.29) is 11.9 Å². The van der Waals surface area contributed by atoms with E-state index in [4.69, 9.17) is 15.2 Å². The quantitative estimate of drug-likeness (QED) is 0.678. The number of methoxy groups -OCH3 is 1. The Labute approximate surface area is 157 Å². The van der Waals surface area contributed by atoms with Crippen LogP contribution in [0.3, 0.4) is 0 Å². The monoisotopic (exact) mass is 366 g/mol. The number of ether oxygens (including phenoxy) is 2. The lowest BCUT2D eigenvalue weighted by Crippen LogP contribution is -2.05. The highest BCUT2D eigenvalue weighted by Crippen LogP contribution is 2.38. The summed E-state index contributed by atoms with van der Waals surface area (Å²) in [6.45, 7) is 6.21. The molecule has 0 aliphatic carbocycles. The van der Waals surface area contributed by atoms with Gasteiger partial charge in [0.25, 0.3) is 0 Å². The first kappa shape index (κ1) is 18.4. The highest BCUT2D eigenvalue weighted by atomic mass is 16.5. The van der Waals surface area contributed by atoms with Crippen molar-refractivity contribution in [2.75, 3.05) is 18.2 Å². The second-order valence-corrected chi connectivity index (χ2v) is 6.29. The molecular formula is C19H22N6O2. The lowest BCUT2D eigenvalue weighted by Gasteiger charge is -2.18. The molecule has 2 heterocycles. The molecule has 3 N–H and O–H groups in total. The maximum atomic E-state index is 6.16. The van der Waals surface area contributed by atoms with Crippen LogP contribution in [-0.4, -0.2) is 27.3 Å². The highest BCUT2D eigenvalue weighted by molar-refractivity contribution is 5.61. The van der Waals surface area contributed by atoms with Crippen LogP contribution in [0.25, 0.3) is 0 Å². The highest BCUT2D eigenvalue weighted by Gasteiger charge is 2.16. The van der Waals surface area contributed by atoms with Crippen molar-refractivity contribution < 1.29 is 9.47 Å². The predicted molar refractivity (Wildman–Crippen MR) is 104 cm³/mol. The third-order valence-corrected chi connectivity index (χ3v) is 3.96. The first-order valence-corrected chi connectivity index (χ1v) is 8.51. The van der Waals surface area contributed by atoms with Crippen LogP contribution in [-0.2, 0) is 0 Å². The molecule has 0 unspecified atom stereocenters. The Balaban J connectivity index is 2.01. The second-order valence-electron chi connectivity index (χ2n) is 6.29. The lowest BCUT2D eigenvalue weighted by molar-refractivity contribution is 0.404. The van der Waals surface area contributed by atoms with E-state index < -0.39 is 0 Å². The molecule has 8 heteroatoms. The van der Waals surface area contributed by atoms with Crippen molar-refractivity contribution in [3.8, 4) is 17.2 Å². The normalized spacial score (nSPS) is 10.7. The Morgan fingerprint density at radius 3 is 2.63 bits per heavy atom. The molecule has 3 aromatic rings. The summed E-state index contributed by atoms with van der Waals surface area (Å²) in [5, 5.41) is 10.9. The van der Waals surface area contributed by atoms with E-state index >= 15 is 0 Å². The summed E-state index contributed by atoms with van der Waals surface area (Å²) in [6, 6.07) is 7.46. The molecule has 3 rings (SSSR count). The zero-order chi connectivity index (χ0) is 19.4. The van der Waals surface area contributed by atoms with Gasteiger partial charge in [-0.2, -0.15) is 10.1 Å². The number of hydrogen-bond acceptors (Lipinski definition) is 8. The van der Waals surface area contributed by atoms with E-state index in [2.05, 4.69) is 45.4 Å². The third-order valence-electron chi connectivity index (χ3n) is 3.96. The van der Waals surface area contributed by atoms with Gasteiger partial charge >= 0.3 is 0 Å². The van der Waals surface area contributed by atoms with Gasteiger partial charge in [0.15, 0.2) is 17.4 Å². The van der Waals surface area contributed by atoms with Crippen molar-refractivity contribution in [3.63, 3.8) is 0 Å². The molecule has 0 fully saturated rings. The smallest absolute Gasteiger partial charge is 0.222 e. The van der Waals surface area contributed by atoms with Crippen molar-refractivity contribution in [3.05, 3.63) is 47.8 Å². The molecule has 2 aromatic heterocycles. The standard InChI is InChI=1S/C19H22N6O2/c1-11(2)13-8-12(3)14(26-4)9-15(13)27-16-10-21-19(20)24-18(16)23-17-6-5-7-22-25-17/h5-11H,1-4H3,(H3,20,21,23,24,25). The van der Waals surface area contributed by atoms with Crippen LogP contribution in [0, 0.1) is 6.92 Å². The number of nitrogens with one attached hydrogen (secondary N) is 1. The van der Waals surface area contributed by atoms with Gasteiger partial charge in [0.05, 0.1) is 13.3 Å². The van der Waals surface area contributed by atoms with Crippen LogP contribution >= 0.6 is 0 Å². The number of aryl methyl sites for hydroxylation is 1. The second kappa shape index (κ2) is 7.86. The molecule has 0 saturated carbocycles. The first-order chi connectivity index (χ1) is 13.0. The van der Waals surface area contributed by atoms with Crippen LogP contribution in [0.1, 0.15) is 30.9 Å². The summed E-state index contributed by atoms with van der Waals surface area (Å²) >= 11 is 0. The number of rotatable bonds is 6. The Hall–Kier alpha value is -3.42. The van der Waals surface area contributed by atoms with Gasteiger partial charge in [0.2, 0.25) is 5.95 Å². The largest absolute Gasteiger partial charge is 0.496 e. The number of hydrogen-bond donors (Lipinski definition) is 2. The van der Waals surface area contributed by atoms with Crippen LogP contribution < -0.4 is 20.5 Å². The Bertz CT molecular complexity index is 931. The summed E-state index contributed by atoms with van der Waals surface area (Å²) in [4.78, 5) is 8.28. The van der Waals surface area contributed by atoms with Gasteiger partial charge in [0.1, 0.15) is 11.5 Å². The van der Waals surface area contributed by atoms with E-state index in [0.717, 1.165) is 16.9 Å².